The van der Waals surface area contributed by atoms with Gasteiger partial charge in [-0.15, -0.1) is 0 Å². The summed E-state index contributed by atoms with van der Waals surface area (Å²) in [5.74, 6) is 0.867. The van der Waals surface area contributed by atoms with E-state index in [0.29, 0.717) is 35.3 Å². The number of aromatic nitrogens is 2. The monoisotopic (exact) mass is 293 g/mol. The molecule has 1 N–H and O–H groups in total. The zero-order valence-corrected chi connectivity index (χ0v) is 12.0. The molecule has 1 heterocycles. The molecule has 7 heteroatoms. The van der Waals surface area contributed by atoms with Crippen LogP contribution in [0.2, 0.25) is 0 Å². The van der Waals surface area contributed by atoms with E-state index in [0.717, 1.165) is 0 Å². The fourth-order valence-electron chi connectivity index (χ4n) is 1.88. The van der Waals surface area contributed by atoms with Gasteiger partial charge < -0.3 is 19.5 Å². The third kappa shape index (κ3) is 3.31. The molecule has 2 rings (SSSR count). The van der Waals surface area contributed by atoms with Gasteiger partial charge in [0.1, 0.15) is 17.9 Å². The minimum atomic E-state index is -0.365. The van der Waals surface area contributed by atoms with Crippen molar-refractivity contribution in [1.82, 2.24) is 9.97 Å². The first-order valence-electron chi connectivity index (χ1n) is 6.18. The van der Waals surface area contributed by atoms with Crippen LogP contribution in [0.15, 0.2) is 24.5 Å². The quantitative estimate of drug-likeness (QED) is 0.881. The first-order chi connectivity index (χ1) is 10.2. The Morgan fingerprint density at radius 1 is 1.05 bits per heavy atom. The maximum Gasteiger partial charge on any atom is 0.225 e. The fourth-order valence-corrected chi connectivity index (χ4v) is 1.88. The van der Waals surface area contributed by atoms with Gasteiger partial charge in [-0.1, -0.05) is 0 Å². The largest absolute Gasteiger partial charge is 0.494 e. The molecule has 0 fully saturated rings. The van der Waals surface area contributed by atoms with E-state index < -0.39 is 0 Å². The average Bonchev–Trinajstić information content (AvgIpc) is 2.53. The Labute approximate surface area is 121 Å². The van der Waals surface area contributed by atoms with E-state index in [-0.39, 0.29) is 5.82 Å². The van der Waals surface area contributed by atoms with Crippen LogP contribution in [0.3, 0.4) is 0 Å². The van der Waals surface area contributed by atoms with Crippen molar-refractivity contribution in [3.05, 3.63) is 35.9 Å². The molecule has 0 bridgehead atoms. The van der Waals surface area contributed by atoms with Crippen LogP contribution in [0.1, 0.15) is 5.56 Å². The van der Waals surface area contributed by atoms with Gasteiger partial charge >= 0.3 is 0 Å². The van der Waals surface area contributed by atoms with Crippen molar-refractivity contribution in [3.8, 4) is 17.5 Å². The van der Waals surface area contributed by atoms with E-state index >= 15 is 0 Å². The third-order valence-corrected chi connectivity index (χ3v) is 2.87. The standard InChI is InChI=1S/C14H16FN3O3/c1-19-12-6-9(15)4-5-11(12)16-7-10-13(20-2)17-8-18-14(10)21-3/h4-6,8,16H,7H2,1-3H3. The molecule has 0 saturated heterocycles. The number of nitrogens with zero attached hydrogens (tertiary/aromatic N) is 2. The SMILES string of the molecule is COc1cc(F)ccc1NCc1c(OC)ncnc1OC. The Morgan fingerprint density at radius 3 is 2.29 bits per heavy atom. The molecule has 21 heavy (non-hydrogen) atoms. The lowest BCUT2D eigenvalue weighted by Crippen LogP contribution is -2.07. The Bertz CT molecular complexity index is 600. The Kier molecular flexibility index (Phi) is 4.76. The van der Waals surface area contributed by atoms with E-state index in [1.165, 1.54) is 39.8 Å². The molecular formula is C14H16FN3O3. The van der Waals surface area contributed by atoms with E-state index in [4.69, 9.17) is 14.2 Å². The number of rotatable bonds is 6. The van der Waals surface area contributed by atoms with E-state index in [9.17, 15) is 4.39 Å². The van der Waals surface area contributed by atoms with Crippen LogP contribution >= 0.6 is 0 Å². The van der Waals surface area contributed by atoms with Crippen LogP contribution in [0, 0.1) is 5.82 Å². The summed E-state index contributed by atoms with van der Waals surface area (Å²) >= 11 is 0. The fraction of sp³-hybridized carbons (Fsp3) is 0.286. The van der Waals surface area contributed by atoms with E-state index in [1.807, 2.05) is 0 Å². The zero-order valence-electron chi connectivity index (χ0n) is 12.0. The van der Waals surface area contributed by atoms with Crippen molar-refractivity contribution < 1.29 is 18.6 Å². The smallest absolute Gasteiger partial charge is 0.225 e. The van der Waals surface area contributed by atoms with Gasteiger partial charge in [0.05, 0.1) is 39.1 Å². The van der Waals surface area contributed by atoms with Gasteiger partial charge in [-0.3, -0.25) is 0 Å². The van der Waals surface area contributed by atoms with Crippen LogP contribution in [0.5, 0.6) is 17.5 Å². The lowest BCUT2D eigenvalue weighted by molar-refractivity contribution is 0.363. The van der Waals surface area contributed by atoms with Crippen molar-refractivity contribution in [2.75, 3.05) is 26.6 Å². The van der Waals surface area contributed by atoms with Gasteiger partial charge in [-0.2, -0.15) is 0 Å². The number of anilines is 1. The number of benzene rings is 1. The predicted octanol–water partition coefficient (Wildman–Crippen LogP) is 2.25. The number of methoxy groups -OCH3 is 3. The van der Waals surface area contributed by atoms with Gasteiger partial charge in [-0.05, 0) is 12.1 Å². The molecule has 0 aliphatic heterocycles. The van der Waals surface area contributed by atoms with Gasteiger partial charge in [0.25, 0.3) is 0 Å². The summed E-state index contributed by atoms with van der Waals surface area (Å²) in [6.45, 7) is 0.342. The highest BCUT2D eigenvalue weighted by Gasteiger charge is 2.13. The zero-order chi connectivity index (χ0) is 15.2. The molecule has 1 aromatic carbocycles. The molecule has 0 saturated carbocycles. The molecule has 6 nitrogen and oxygen atoms in total. The van der Waals surface area contributed by atoms with Gasteiger partial charge in [0, 0.05) is 6.07 Å². The van der Waals surface area contributed by atoms with Crippen molar-refractivity contribution >= 4 is 5.69 Å². The number of hydrogen-bond acceptors (Lipinski definition) is 6. The van der Waals surface area contributed by atoms with Crippen molar-refractivity contribution in [2.45, 2.75) is 6.54 Å². The van der Waals surface area contributed by atoms with Crippen LogP contribution in [-0.2, 0) is 6.54 Å². The molecule has 0 amide bonds. The van der Waals surface area contributed by atoms with Gasteiger partial charge in [-0.25, -0.2) is 14.4 Å². The summed E-state index contributed by atoms with van der Waals surface area (Å²) in [4.78, 5) is 8.06. The second kappa shape index (κ2) is 6.74. The second-order valence-electron chi connectivity index (χ2n) is 4.07. The Hall–Kier alpha value is -2.57. The number of halogens is 1. The van der Waals surface area contributed by atoms with Gasteiger partial charge in [0.15, 0.2) is 0 Å². The average molecular weight is 293 g/mol. The summed E-state index contributed by atoms with van der Waals surface area (Å²) < 4.78 is 28.7. The number of ether oxygens (including phenoxy) is 3. The normalized spacial score (nSPS) is 10.1. The van der Waals surface area contributed by atoms with Gasteiger partial charge in [0.2, 0.25) is 11.8 Å². The van der Waals surface area contributed by atoms with Crippen molar-refractivity contribution in [1.29, 1.82) is 0 Å². The summed E-state index contributed by atoms with van der Waals surface area (Å²) in [6, 6.07) is 4.25. The third-order valence-electron chi connectivity index (χ3n) is 2.87. The van der Waals surface area contributed by atoms with E-state index in [2.05, 4.69) is 15.3 Å². The minimum Gasteiger partial charge on any atom is -0.494 e. The highest BCUT2D eigenvalue weighted by molar-refractivity contribution is 5.57. The maximum absolute atomic E-state index is 13.2. The molecule has 0 spiro atoms. The van der Waals surface area contributed by atoms with Crippen LogP contribution in [0.25, 0.3) is 0 Å². The number of nitrogens with one attached hydrogen (secondary N) is 1. The highest BCUT2D eigenvalue weighted by Crippen LogP contribution is 2.28. The molecule has 0 unspecified atom stereocenters. The van der Waals surface area contributed by atoms with Crippen molar-refractivity contribution in [3.63, 3.8) is 0 Å². The van der Waals surface area contributed by atoms with E-state index in [1.54, 1.807) is 6.07 Å². The first kappa shape index (κ1) is 14.8. The first-order valence-corrected chi connectivity index (χ1v) is 6.18. The molecule has 112 valence electrons. The topological polar surface area (TPSA) is 65.5 Å². The summed E-state index contributed by atoms with van der Waals surface area (Å²) in [7, 11) is 4.51. The molecule has 0 aliphatic rings. The molecular weight excluding hydrogens is 277 g/mol. The van der Waals surface area contributed by atoms with Crippen LogP contribution in [0.4, 0.5) is 10.1 Å². The molecule has 0 radical (unpaired) electrons. The maximum atomic E-state index is 13.2. The molecule has 2 aromatic rings. The second-order valence-corrected chi connectivity index (χ2v) is 4.07. The highest BCUT2D eigenvalue weighted by atomic mass is 19.1. The molecule has 0 atom stereocenters. The van der Waals surface area contributed by atoms with Crippen molar-refractivity contribution in [2.24, 2.45) is 0 Å². The Balaban J connectivity index is 2.24. The molecule has 1 aromatic heterocycles. The summed E-state index contributed by atoms with van der Waals surface area (Å²) in [5.41, 5.74) is 1.31. The Morgan fingerprint density at radius 2 is 1.71 bits per heavy atom. The molecule has 0 aliphatic carbocycles. The minimum absolute atomic E-state index is 0.342. The van der Waals surface area contributed by atoms with Crippen LogP contribution in [-0.4, -0.2) is 31.3 Å². The summed E-state index contributed by atoms with van der Waals surface area (Å²) in [5, 5.41) is 3.13. The lowest BCUT2D eigenvalue weighted by atomic mass is 10.2. The van der Waals surface area contributed by atoms with Crippen LogP contribution < -0.4 is 19.5 Å². The predicted molar refractivity (Wildman–Crippen MR) is 75.4 cm³/mol. The number of hydrogen-bond donors (Lipinski definition) is 1. The summed E-state index contributed by atoms with van der Waals surface area (Å²) in [6.07, 6.45) is 1.36. The lowest BCUT2D eigenvalue weighted by Gasteiger charge is -2.14.